The minimum Gasteiger partial charge on any atom is -0.494 e. The van der Waals surface area contributed by atoms with Gasteiger partial charge in [0, 0.05) is 0 Å². The highest BCUT2D eigenvalue weighted by Crippen LogP contribution is 2.33. The summed E-state index contributed by atoms with van der Waals surface area (Å²) in [4.78, 5) is 19.2. The molecule has 4 rings (SSSR count). The Hall–Kier alpha value is -3.00. The molecule has 0 radical (unpaired) electrons. The Kier molecular flexibility index (Phi) is 4.97. The molecule has 7 nitrogen and oxygen atoms in total. The van der Waals surface area contributed by atoms with E-state index in [9.17, 15) is 4.79 Å². The van der Waals surface area contributed by atoms with E-state index in [4.69, 9.17) is 18.6 Å². The predicted molar refractivity (Wildman–Crippen MR) is 101 cm³/mol. The Morgan fingerprint density at radius 1 is 1.33 bits per heavy atom. The molecule has 8 heteroatoms. The van der Waals surface area contributed by atoms with Crippen molar-refractivity contribution in [1.82, 2.24) is 4.98 Å². The number of thiazole rings is 1. The number of ether oxygens (including phenoxy) is 3. The average Bonchev–Trinajstić information content (AvgIpc) is 3.35. The van der Waals surface area contributed by atoms with Gasteiger partial charge in [-0.3, -0.25) is 9.69 Å². The van der Waals surface area contributed by atoms with Gasteiger partial charge in [-0.05, 0) is 37.3 Å². The molecule has 0 saturated heterocycles. The molecule has 140 valence electrons. The van der Waals surface area contributed by atoms with Crippen LogP contribution in [0, 0.1) is 0 Å². The third kappa shape index (κ3) is 3.75. The number of anilines is 1. The molecule has 1 aliphatic rings. The Balaban J connectivity index is 1.69. The minimum atomic E-state index is -0.324. The lowest BCUT2D eigenvalue weighted by Crippen LogP contribution is -2.33. The largest absolute Gasteiger partial charge is 0.494 e. The third-order valence-electron chi connectivity index (χ3n) is 3.89. The molecule has 0 spiro atoms. The second-order valence-corrected chi connectivity index (χ2v) is 6.74. The maximum Gasteiger partial charge on any atom is 0.298 e. The minimum absolute atomic E-state index is 0.155. The maximum atomic E-state index is 13.0. The molecule has 2 aromatic heterocycles. The van der Waals surface area contributed by atoms with Crippen molar-refractivity contribution in [3.8, 4) is 5.75 Å². The zero-order valence-electron chi connectivity index (χ0n) is 14.7. The third-order valence-corrected chi connectivity index (χ3v) is 4.93. The van der Waals surface area contributed by atoms with Gasteiger partial charge in [-0.15, -0.1) is 0 Å². The van der Waals surface area contributed by atoms with Gasteiger partial charge in [0.25, 0.3) is 5.91 Å². The molecule has 0 fully saturated rings. The number of nitrogens with zero attached hydrogens (tertiary/aromatic N) is 2. The summed E-state index contributed by atoms with van der Waals surface area (Å²) in [5.41, 5.74) is 0.797. The van der Waals surface area contributed by atoms with Gasteiger partial charge in [0.1, 0.15) is 31.0 Å². The van der Waals surface area contributed by atoms with Gasteiger partial charge in [0.05, 0.1) is 29.6 Å². The van der Waals surface area contributed by atoms with E-state index in [-0.39, 0.29) is 18.2 Å². The number of carbonyl (C=O) groups is 1. The van der Waals surface area contributed by atoms with Gasteiger partial charge in [-0.1, -0.05) is 11.3 Å². The molecule has 1 aliphatic heterocycles. The quantitative estimate of drug-likeness (QED) is 0.643. The number of fused-ring (bicyclic) bond motifs is 1. The summed E-state index contributed by atoms with van der Waals surface area (Å²) in [7, 11) is 0. The van der Waals surface area contributed by atoms with E-state index in [0.717, 1.165) is 16.0 Å². The van der Waals surface area contributed by atoms with Crippen molar-refractivity contribution in [3.63, 3.8) is 0 Å². The molecular weight excluding hydrogens is 368 g/mol. The van der Waals surface area contributed by atoms with Gasteiger partial charge >= 0.3 is 0 Å². The second-order valence-electron chi connectivity index (χ2n) is 5.73. The number of hydrogen-bond acceptors (Lipinski definition) is 7. The fraction of sp³-hybridized carbons (Fsp3) is 0.263. The van der Waals surface area contributed by atoms with Crippen LogP contribution in [0.5, 0.6) is 5.75 Å². The number of rotatable bonds is 6. The molecule has 0 unspecified atom stereocenters. The molecule has 3 heterocycles. The first-order valence-electron chi connectivity index (χ1n) is 8.57. The van der Waals surface area contributed by atoms with Crippen LogP contribution in [-0.4, -0.2) is 30.7 Å². The number of hydrogen-bond donors (Lipinski definition) is 0. The van der Waals surface area contributed by atoms with Crippen molar-refractivity contribution in [2.75, 3.05) is 24.7 Å². The zero-order chi connectivity index (χ0) is 18.6. The second kappa shape index (κ2) is 7.71. The van der Waals surface area contributed by atoms with E-state index in [1.54, 1.807) is 12.3 Å². The summed E-state index contributed by atoms with van der Waals surface area (Å²) in [5.74, 6) is 1.25. The lowest BCUT2D eigenvalue weighted by molar-refractivity contribution is -0.120. The first kappa shape index (κ1) is 17.4. The van der Waals surface area contributed by atoms with Crippen molar-refractivity contribution in [1.29, 1.82) is 0 Å². The van der Waals surface area contributed by atoms with Crippen LogP contribution >= 0.6 is 11.3 Å². The average molecular weight is 386 g/mol. The first-order chi connectivity index (χ1) is 13.2. The molecule has 1 amide bonds. The monoisotopic (exact) mass is 386 g/mol. The van der Waals surface area contributed by atoms with Gasteiger partial charge < -0.3 is 18.6 Å². The van der Waals surface area contributed by atoms with E-state index in [1.165, 1.54) is 22.5 Å². The summed E-state index contributed by atoms with van der Waals surface area (Å²) >= 11 is 1.41. The van der Waals surface area contributed by atoms with Crippen LogP contribution in [0.1, 0.15) is 12.7 Å². The van der Waals surface area contributed by atoms with E-state index in [2.05, 4.69) is 4.98 Å². The number of aromatic nitrogens is 1. The standard InChI is InChI=1S/C19H18N2O5S/c1-2-24-13-5-6-15-17(10-13)27-19(20-15)21(11-14-4-3-7-25-14)18(22)16-12-23-8-9-26-16/h3-7,10,12H,2,8-9,11H2,1H3. The number of benzene rings is 1. The highest BCUT2D eigenvalue weighted by atomic mass is 32.1. The lowest BCUT2D eigenvalue weighted by Gasteiger charge is -2.22. The molecular formula is C19H18N2O5S. The normalized spacial score (nSPS) is 13.6. The van der Waals surface area contributed by atoms with E-state index in [1.807, 2.05) is 31.2 Å². The van der Waals surface area contributed by atoms with Crippen molar-refractivity contribution >= 4 is 32.6 Å². The summed E-state index contributed by atoms with van der Waals surface area (Å²) in [6.45, 7) is 3.53. The molecule has 1 aromatic carbocycles. The van der Waals surface area contributed by atoms with Gasteiger partial charge in [0.2, 0.25) is 5.76 Å². The molecule has 0 N–H and O–H groups in total. The maximum absolute atomic E-state index is 13.0. The van der Waals surface area contributed by atoms with Crippen LogP contribution in [0.25, 0.3) is 10.2 Å². The van der Waals surface area contributed by atoms with Crippen molar-refractivity contribution in [3.05, 3.63) is 54.4 Å². The number of amides is 1. The van der Waals surface area contributed by atoms with E-state index in [0.29, 0.717) is 30.7 Å². The predicted octanol–water partition coefficient (Wildman–Crippen LogP) is 3.71. The molecule has 0 atom stereocenters. The van der Waals surface area contributed by atoms with Crippen molar-refractivity contribution in [2.45, 2.75) is 13.5 Å². The van der Waals surface area contributed by atoms with Crippen molar-refractivity contribution < 1.29 is 23.4 Å². The highest BCUT2D eigenvalue weighted by Gasteiger charge is 2.27. The summed E-state index contributed by atoms with van der Waals surface area (Å²) < 4.78 is 22.6. The van der Waals surface area contributed by atoms with E-state index < -0.39 is 0 Å². The Bertz CT molecular complexity index is 964. The molecule has 3 aromatic rings. The first-order valence-corrected chi connectivity index (χ1v) is 9.38. The highest BCUT2D eigenvalue weighted by molar-refractivity contribution is 7.22. The van der Waals surface area contributed by atoms with Crippen LogP contribution < -0.4 is 9.64 Å². The number of carbonyl (C=O) groups excluding carboxylic acids is 1. The van der Waals surface area contributed by atoms with E-state index >= 15 is 0 Å². The fourth-order valence-electron chi connectivity index (χ4n) is 2.66. The summed E-state index contributed by atoms with van der Waals surface area (Å²) in [6, 6.07) is 9.27. The Morgan fingerprint density at radius 2 is 2.26 bits per heavy atom. The lowest BCUT2D eigenvalue weighted by atomic mass is 10.3. The molecule has 0 aliphatic carbocycles. The van der Waals surface area contributed by atoms with Crippen LogP contribution in [0.15, 0.2) is 53.0 Å². The van der Waals surface area contributed by atoms with Gasteiger partial charge in [-0.2, -0.15) is 0 Å². The Morgan fingerprint density at radius 3 is 3.00 bits per heavy atom. The molecule has 27 heavy (non-hydrogen) atoms. The summed E-state index contributed by atoms with van der Waals surface area (Å²) in [6.07, 6.45) is 2.92. The van der Waals surface area contributed by atoms with Crippen LogP contribution in [0.3, 0.4) is 0 Å². The molecule has 0 bridgehead atoms. The van der Waals surface area contributed by atoms with Crippen LogP contribution in [0.4, 0.5) is 5.13 Å². The smallest absolute Gasteiger partial charge is 0.298 e. The topological polar surface area (TPSA) is 74.0 Å². The van der Waals surface area contributed by atoms with Crippen LogP contribution in [0.2, 0.25) is 0 Å². The van der Waals surface area contributed by atoms with Gasteiger partial charge in [-0.25, -0.2) is 4.98 Å². The zero-order valence-corrected chi connectivity index (χ0v) is 15.5. The summed E-state index contributed by atoms with van der Waals surface area (Å²) in [5, 5.41) is 0.551. The SMILES string of the molecule is CCOc1ccc2nc(N(Cc3ccco3)C(=O)C3=COCCO3)sc2c1. The van der Waals surface area contributed by atoms with Gasteiger partial charge in [0.15, 0.2) is 5.13 Å². The fourth-order valence-corrected chi connectivity index (χ4v) is 3.65. The number of furan rings is 1. The van der Waals surface area contributed by atoms with Crippen LogP contribution in [-0.2, 0) is 20.8 Å². The molecule has 0 saturated carbocycles. The van der Waals surface area contributed by atoms with Crippen molar-refractivity contribution in [2.24, 2.45) is 0 Å². The Labute approximate surface area is 159 Å².